The van der Waals surface area contributed by atoms with E-state index in [4.69, 9.17) is 22.7 Å². The number of nitrogens with zero attached hydrogens (tertiary/aromatic N) is 3. The summed E-state index contributed by atoms with van der Waals surface area (Å²) in [4.78, 5) is 28.8. The SMILES string of the molecule is C.CC(C)(C)OC(=O)N1CCC2(CC1)C[C@H](O[Si](C)(C)C(C)(C)C)CC2=N[S@](=O)C(C)(C)C.CC(C)(C)OC(=O)N1CCC2(CC1)C[C@H](O[Si](C)(C)C(C)(C)C)C[C@H]2N[S@](=O)C(C)(C)C. The lowest BCUT2D eigenvalue weighted by atomic mass is 9.74. The zero-order valence-electron chi connectivity index (χ0n) is 44.6. The molecule has 0 radical (unpaired) electrons. The van der Waals surface area contributed by atoms with Gasteiger partial charge in [0.25, 0.3) is 0 Å². The van der Waals surface area contributed by atoms with Crippen LogP contribution in [0.5, 0.6) is 0 Å². The number of carbonyl (C=O) groups is 2. The molecule has 65 heavy (non-hydrogen) atoms. The van der Waals surface area contributed by atoms with Crippen molar-refractivity contribution in [2.75, 3.05) is 26.2 Å². The first kappa shape index (κ1) is 59.9. The van der Waals surface area contributed by atoms with E-state index in [9.17, 15) is 18.0 Å². The molecule has 4 fully saturated rings. The lowest BCUT2D eigenvalue weighted by Crippen LogP contribution is -2.52. The second-order valence-electron chi connectivity index (χ2n) is 26.4. The van der Waals surface area contributed by atoms with Crippen molar-refractivity contribution < 1.29 is 36.3 Å². The number of piperidine rings is 2. The highest BCUT2D eigenvalue weighted by Gasteiger charge is 2.54. The minimum Gasteiger partial charge on any atom is -0.444 e. The van der Waals surface area contributed by atoms with E-state index >= 15 is 0 Å². The standard InChI is InChI=1S/C24H48N2O4SSi.C24H46N2O4SSi.CH4/c2*1-21(2,3)29-20(27)26-14-12-24(13-15-26)17-18(30-32(10,11)23(7,8)9)16-19(24)25-31(28)22(4,5)6;/h18-19,25H,12-17H2,1-11H3;18H,12-17H2,1-11H3;1H4/t18-,19-,31-;18-,31-;/m11./s1. The summed E-state index contributed by atoms with van der Waals surface area (Å²) in [6, 6.07) is 0.123. The fraction of sp³-hybridized carbons (Fsp3) is 0.939. The van der Waals surface area contributed by atoms with Gasteiger partial charge in [-0.3, -0.25) is 0 Å². The molecule has 2 aliphatic heterocycles. The van der Waals surface area contributed by atoms with Crippen LogP contribution in [0.1, 0.15) is 183 Å². The maximum Gasteiger partial charge on any atom is 0.410 e. The second-order valence-corrected chi connectivity index (χ2v) is 39.8. The Morgan fingerprint density at radius 2 is 1.03 bits per heavy atom. The number of hydrogen-bond acceptors (Lipinski definition) is 8. The van der Waals surface area contributed by atoms with Gasteiger partial charge in [-0.05, 0) is 170 Å². The highest BCUT2D eigenvalue weighted by molar-refractivity contribution is 7.85. The average molecular weight is 992 g/mol. The van der Waals surface area contributed by atoms with Crippen LogP contribution >= 0.6 is 0 Å². The first-order valence-corrected chi connectivity index (χ1v) is 32.1. The Hall–Kier alpha value is -1.18. The first-order valence-electron chi connectivity index (χ1n) is 24.0. The third-order valence-corrected chi connectivity index (χ3v) is 26.5. The lowest BCUT2D eigenvalue weighted by molar-refractivity contribution is 0.00690. The Balaban J connectivity index is 0.000000440. The molecule has 4 aliphatic rings. The van der Waals surface area contributed by atoms with Crippen LogP contribution in [0.3, 0.4) is 0 Å². The van der Waals surface area contributed by atoms with Crippen molar-refractivity contribution in [2.45, 2.75) is 259 Å². The highest BCUT2D eigenvalue weighted by atomic mass is 32.2. The van der Waals surface area contributed by atoms with Crippen molar-refractivity contribution in [3.63, 3.8) is 0 Å². The predicted octanol–water partition coefficient (Wildman–Crippen LogP) is 12.3. The van der Waals surface area contributed by atoms with Gasteiger partial charge in [-0.25, -0.2) is 22.7 Å². The van der Waals surface area contributed by atoms with E-state index in [1.807, 2.05) is 88.0 Å². The zero-order valence-corrected chi connectivity index (χ0v) is 48.3. The largest absolute Gasteiger partial charge is 0.444 e. The molecule has 1 N–H and O–H groups in total. The van der Waals surface area contributed by atoms with Crippen molar-refractivity contribution in [3.8, 4) is 0 Å². The molecule has 2 saturated carbocycles. The van der Waals surface area contributed by atoms with Crippen LogP contribution in [0.15, 0.2) is 4.40 Å². The van der Waals surface area contributed by atoms with Gasteiger partial charge in [0.2, 0.25) is 0 Å². The normalized spacial score (nSPS) is 24.9. The van der Waals surface area contributed by atoms with Crippen molar-refractivity contribution in [3.05, 3.63) is 0 Å². The molecular weight excluding hydrogens is 893 g/mol. The summed E-state index contributed by atoms with van der Waals surface area (Å²) in [5.41, 5.74) is -0.120. The quantitative estimate of drug-likeness (QED) is 0.249. The summed E-state index contributed by atoms with van der Waals surface area (Å²) in [5, 5.41) is 0.286. The maximum absolute atomic E-state index is 13.0. The van der Waals surface area contributed by atoms with Gasteiger partial charge in [0.1, 0.15) is 22.2 Å². The Bertz CT molecular complexity index is 1700. The summed E-state index contributed by atoms with van der Waals surface area (Å²) >= 11 is 0. The van der Waals surface area contributed by atoms with E-state index in [0.29, 0.717) is 26.2 Å². The molecule has 2 saturated heterocycles. The summed E-state index contributed by atoms with van der Waals surface area (Å²) < 4.78 is 58.3. The fourth-order valence-corrected chi connectivity index (χ4v) is 12.8. The molecule has 382 valence electrons. The smallest absolute Gasteiger partial charge is 0.410 e. The first-order chi connectivity index (χ1) is 28.5. The van der Waals surface area contributed by atoms with Crippen molar-refractivity contribution in [1.82, 2.24) is 14.5 Å². The number of likely N-dealkylation sites (tertiary alicyclic amines) is 2. The van der Waals surface area contributed by atoms with Crippen LogP contribution in [0.2, 0.25) is 36.3 Å². The maximum atomic E-state index is 13.0. The van der Waals surface area contributed by atoms with Gasteiger partial charge in [-0.15, -0.1) is 0 Å². The van der Waals surface area contributed by atoms with Gasteiger partial charge < -0.3 is 28.1 Å². The number of hydrogen-bond donors (Lipinski definition) is 1. The molecule has 5 atom stereocenters. The minimum atomic E-state index is -1.93. The summed E-state index contributed by atoms with van der Waals surface area (Å²) in [5.74, 6) is 0. The molecule has 0 aromatic carbocycles. The van der Waals surface area contributed by atoms with Crippen molar-refractivity contribution in [1.29, 1.82) is 0 Å². The molecule has 0 bridgehead atoms. The number of amides is 2. The molecule has 16 heteroatoms. The molecule has 12 nitrogen and oxygen atoms in total. The summed E-state index contributed by atoms with van der Waals surface area (Å²) in [6.07, 6.45) is 6.61. The monoisotopic (exact) mass is 991 g/mol. The molecule has 2 heterocycles. The van der Waals surface area contributed by atoms with Gasteiger partial charge in [-0.1, -0.05) is 49.0 Å². The van der Waals surface area contributed by atoms with E-state index in [-0.39, 0.29) is 63.5 Å². The Morgan fingerprint density at radius 3 is 1.40 bits per heavy atom. The van der Waals surface area contributed by atoms with Crippen molar-refractivity contribution in [2.24, 2.45) is 15.2 Å². The van der Waals surface area contributed by atoms with Crippen LogP contribution in [0, 0.1) is 10.8 Å². The van der Waals surface area contributed by atoms with Crippen LogP contribution in [0.4, 0.5) is 9.59 Å². The van der Waals surface area contributed by atoms with E-state index in [0.717, 1.165) is 57.1 Å². The highest BCUT2D eigenvalue weighted by Crippen LogP contribution is 2.51. The number of nitrogens with one attached hydrogen (secondary N) is 1. The van der Waals surface area contributed by atoms with Gasteiger partial charge in [0.05, 0.1) is 26.6 Å². The average Bonchev–Trinajstić information content (AvgIpc) is 3.56. The minimum absolute atomic E-state index is 0. The van der Waals surface area contributed by atoms with E-state index in [1.54, 1.807) is 4.90 Å². The predicted molar refractivity (Wildman–Crippen MR) is 278 cm³/mol. The molecule has 2 amide bonds. The molecule has 2 spiro atoms. The molecule has 0 aromatic heterocycles. The second kappa shape index (κ2) is 21.0. The molecular formula is C49H98N4O8S2Si2. The summed E-state index contributed by atoms with van der Waals surface area (Å²) in [7, 11) is -6.28. The topological polar surface area (TPSA) is 136 Å². The van der Waals surface area contributed by atoms with E-state index in [2.05, 4.69) is 72.5 Å². The number of rotatable bonds is 7. The lowest BCUT2D eigenvalue weighted by Gasteiger charge is -2.44. The Kier molecular flexibility index (Phi) is 19.4. The summed E-state index contributed by atoms with van der Waals surface area (Å²) in [6.45, 7) is 48.6. The fourth-order valence-electron chi connectivity index (χ4n) is 8.41. The number of ether oxygens (including phenoxy) is 2. The van der Waals surface area contributed by atoms with Gasteiger partial charge in [0.15, 0.2) is 16.6 Å². The molecule has 4 rings (SSSR count). The third kappa shape index (κ3) is 16.5. The molecule has 2 aliphatic carbocycles. The van der Waals surface area contributed by atoms with Gasteiger partial charge in [0, 0.05) is 55.9 Å². The van der Waals surface area contributed by atoms with Crippen LogP contribution < -0.4 is 4.72 Å². The molecule has 0 unspecified atom stereocenters. The Morgan fingerprint density at radius 1 is 0.631 bits per heavy atom. The van der Waals surface area contributed by atoms with Crippen LogP contribution in [0.25, 0.3) is 0 Å². The van der Waals surface area contributed by atoms with E-state index < -0.39 is 54.6 Å². The Labute approximate surface area is 405 Å². The number of carbonyl (C=O) groups excluding carboxylic acids is 2. The van der Waals surface area contributed by atoms with Gasteiger partial charge >= 0.3 is 12.2 Å². The molecule has 0 aromatic rings. The van der Waals surface area contributed by atoms with E-state index in [1.165, 1.54) is 0 Å². The third-order valence-electron chi connectivity index (χ3n) is 14.4. The van der Waals surface area contributed by atoms with Crippen LogP contribution in [-0.4, -0.2) is 118 Å². The van der Waals surface area contributed by atoms with Crippen LogP contribution in [-0.2, 0) is 40.3 Å². The zero-order chi connectivity index (χ0) is 49.5. The van der Waals surface area contributed by atoms with Gasteiger partial charge in [-0.2, -0.15) is 4.40 Å². The van der Waals surface area contributed by atoms with Crippen molar-refractivity contribution >= 4 is 56.5 Å².